The number of hydrogen-bond acceptors (Lipinski definition) is 4. The molecule has 0 aliphatic heterocycles. The van der Waals surface area contributed by atoms with Gasteiger partial charge in [0.25, 0.3) is 0 Å². The second-order valence-corrected chi connectivity index (χ2v) is 20.6. The van der Waals surface area contributed by atoms with Gasteiger partial charge >= 0.3 is 0 Å². The third-order valence-corrected chi connectivity index (χ3v) is 16.1. The van der Waals surface area contributed by atoms with Gasteiger partial charge < -0.3 is 19.0 Å². The highest BCUT2D eigenvalue weighted by atomic mass is 35.5. The van der Waals surface area contributed by atoms with Crippen molar-refractivity contribution in [3.8, 4) is 11.5 Å². The molecule has 5 atom stereocenters. The van der Waals surface area contributed by atoms with E-state index >= 15 is 0 Å². The Labute approximate surface area is 284 Å². The van der Waals surface area contributed by atoms with Gasteiger partial charge in [0.15, 0.2) is 8.32 Å². The third-order valence-electron chi connectivity index (χ3n) is 11.4. The van der Waals surface area contributed by atoms with Crippen molar-refractivity contribution in [2.24, 2.45) is 11.3 Å². The summed E-state index contributed by atoms with van der Waals surface area (Å²) in [6.45, 7) is 15.3. The number of fused-ring (bicyclic) bond motifs is 1. The van der Waals surface area contributed by atoms with E-state index in [1.165, 1.54) is 0 Å². The molecule has 0 radical (unpaired) electrons. The number of benzene rings is 3. The average molecular weight is 663 g/mol. The molecule has 3 aromatic rings. The SMILES string of the molecule is CC(C)(C)[Si](C)(C)O[C@H]1CC[C@H]2C[C@@H](c3ccc(OCc4ccccc4)cc3)[C@](O)(c3ccc(OCCCCCCl)cc3)C[C@@]21C. The number of alkyl halides is 1. The lowest BCUT2D eigenvalue weighted by Crippen LogP contribution is -2.53. The van der Waals surface area contributed by atoms with Gasteiger partial charge in [-0.05, 0) is 115 Å². The van der Waals surface area contributed by atoms with Crippen molar-refractivity contribution in [3.05, 3.63) is 95.6 Å². The van der Waals surface area contributed by atoms with Crippen molar-refractivity contribution in [2.75, 3.05) is 12.5 Å². The number of hydrogen-bond donors (Lipinski definition) is 1. The summed E-state index contributed by atoms with van der Waals surface area (Å²) in [5.41, 5.74) is 2.09. The van der Waals surface area contributed by atoms with Crippen LogP contribution in [0.15, 0.2) is 78.9 Å². The highest BCUT2D eigenvalue weighted by Crippen LogP contribution is 2.63. The Morgan fingerprint density at radius 3 is 2.15 bits per heavy atom. The lowest BCUT2D eigenvalue weighted by molar-refractivity contribution is -0.112. The van der Waals surface area contributed by atoms with Gasteiger partial charge in [0.2, 0.25) is 0 Å². The van der Waals surface area contributed by atoms with Crippen molar-refractivity contribution in [2.45, 2.75) is 115 Å². The first-order chi connectivity index (χ1) is 21.9. The van der Waals surface area contributed by atoms with E-state index in [1.807, 2.05) is 30.3 Å². The maximum absolute atomic E-state index is 13.0. The van der Waals surface area contributed by atoms with E-state index in [9.17, 15) is 5.11 Å². The Hall–Kier alpha value is -2.31. The molecule has 2 fully saturated rings. The lowest BCUT2D eigenvalue weighted by atomic mass is 9.56. The maximum atomic E-state index is 13.0. The molecule has 250 valence electrons. The number of ether oxygens (including phenoxy) is 2. The van der Waals surface area contributed by atoms with Crippen molar-refractivity contribution >= 4 is 19.9 Å². The van der Waals surface area contributed by atoms with Gasteiger partial charge in [-0.3, -0.25) is 0 Å². The Bertz CT molecular complexity index is 1390. The zero-order valence-corrected chi connectivity index (χ0v) is 30.6. The molecule has 0 unspecified atom stereocenters. The van der Waals surface area contributed by atoms with Crippen LogP contribution in [-0.2, 0) is 16.6 Å². The van der Waals surface area contributed by atoms with Gasteiger partial charge in [0.05, 0.1) is 18.3 Å². The molecule has 0 spiro atoms. The number of unbranched alkanes of at least 4 members (excludes halogenated alkanes) is 2. The summed E-state index contributed by atoms with van der Waals surface area (Å²) < 4.78 is 19.3. The second-order valence-electron chi connectivity index (χ2n) is 15.5. The van der Waals surface area contributed by atoms with Crippen LogP contribution < -0.4 is 9.47 Å². The van der Waals surface area contributed by atoms with Crippen molar-refractivity contribution in [1.29, 1.82) is 0 Å². The minimum absolute atomic E-state index is 0.0392. The van der Waals surface area contributed by atoms with Crippen LogP contribution >= 0.6 is 11.6 Å². The van der Waals surface area contributed by atoms with Crippen LogP contribution in [-0.4, -0.2) is 32.0 Å². The normalized spacial score (nSPS) is 26.5. The van der Waals surface area contributed by atoms with E-state index < -0.39 is 13.9 Å². The van der Waals surface area contributed by atoms with Gasteiger partial charge in [0.1, 0.15) is 18.1 Å². The van der Waals surface area contributed by atoms with E-state index in [1.54, 1.807) is 0 Å². The van der Waals surface area contributed by atoms with Crippen molar-refractivity contribution < 1.29 is 19.0 Å². The summed E-state index contributed by atoms with van der Waals surface area (Å²) >= 11 is 5.83. The number of aliphatic hydroxyl groups is 1. The zero-order chi connectivity index (χ0) is 33.0. The third kappa shape index (κ3) is 7.70. The van der Waals surface area contributed by atoms with E-state index in [-0.39, 0.29) is 22.5 Å². The highest BCUT2D eigenvalue weighted by Gasteiger charge is 2.60. The van der Waals surface area contributed by atoms with E-state index in [2.05, 4.69) is 89.3 Å². The van der Waals surface area contributed by atoms with Gasteiger partial charge in [-0.2, -0.15) is 0 Å². The van der Waals surface area contributed by atoms with Gasteiger partial charge in [0, 0.05) is 11.8 Å². The fourth-order valence-electron chi connectivity index (χ4n) is 7.48. The lowest BCUT2D eigenvalue weighted by Gasteiger charge is -2.54. The average Bonchev–Trinajstić information content (AvgIpc) is 3.33. The maximum Gasteiger partial charge on any atom is 0.192 e. The van der Waals surface area contributed by atoms with E-state index in [0.717, 1.165) is 66.7 Å². The standard InChI is InChI=1S/C40H55ClO4Si/c1-38(2,3)46(5,6)45-37-24-19-33-27-36(31-15-20-35(21-16-31)44-28-30-13-9-7-10-14-30)40(42,29-39(33,37)4)32-17-22-34(23-18-32)43-26-12-8-11-25-41/h7,9-10,13-18,20-23,33,36-37,42H,8,11-12,19,24-29H2,1-6H3/t33-,36-,37-,39-,40+/m0/s1. The molecule has 4 nitrogen and oxygen atoms in total. The fourth-order valence-corrected chi connectivity index (χ4v) is 9.13. The quantitative estimate of drug-likeness (QED) is 0.112. The van der Waals surface area contributed by atoms with Gasteiger partial charge in [-0.25, -0.2) is 0 Å². The van der Waals surface area contributed by atoms with Crippen LogP contribution in [0.3, 0.4) is 0 Å². The summed E-state index contributed by atoms with van der Waals surface area (Å²) in [5.74, 6) is 2.82. The summed E-state index contributed by atoms with van der Waals surface area (Å²) in [4.78, 5) is 0. The fraction of sp³-hybridized carbons (Fsp3) is 0.550. The molecular weight excluding hydrogens is 608 g/mol. The molecule has 0 saturated heterocycles. The molecule has 6 heteroatoms. The predicted octanol–water partition coefficient (Wildman–Crippen LogP) is 10.6. The molecular formula is C40H55ClO4Si. The smallest absolute Gasteiger partial charge is 0.192 e. The van der Waals surface area contributed by atoms with Gasteiger partial charge in [-0.15, -0.1) is 11.6 Å². The van der Waals surface area contributed by atoms with Crippen LogP contribution in [0.2, 0.25) is 18.1 Å². The Morgan fingerprint density at radius 2 is 1.50 bits per heavy atom. The molecule has 2 saturated carbocycles. The molecule has 46 heavy (non-hydrogen) atoms. The van der Waals surface area contributed by atoms with Crippen molar-refractivity contribution in [1.82, 2.24) is 0 Å². The van der Waals surface area contributed by atoms with Crippen LogP contribution in [0.4, 0.5) is 0 Å². The molecule has 0 bridgehead atoms. The summed E-state index contributed by atoms with van der Waals surface area (Å²) in [7, 11) is -1.99. The molecule has 3 aromatic carbocycles. The molecule has 2 aliphatic carbocycles. The number of halogens is 1. The largest absolute Gasteiger partial charge is 0.494 e. The first kappa shape index (κ1) is 35.0. The Balaban J connectivity index is 1.41. The van der Waals surface area contributed by atoms with Gasteiger partial charge in [-0.1, -0.05) is 82.3 Å². The first-order valence-corrected chi connectivity index (χ1v) is 20.8. The zero-order valence-electron chi connectivity index (χ0n) is 28.9. The molecule has 5 rings (SSSR count). The number of rotatable bonds is 13. The Kier molecular flexibility index (Phi) is 11.0. The predicted molar refractivity (Wildman–Crippen MR) is 192 cm³/mol. The minimum Gasteiger partial charge on any atom is -0.494 e. The molecule has 1 N–H and O–H groups in total. The van der Waals surface area contributed by atoms with E-state index in [0.29, 0.717) is 31.4 Å². The van der Waals surface area contributed by atoms with E-state index in [4.69, 9.17) is 25.5 Å². The molecule has 2 aliphatic rings. The minimum atomic E-state index is -1.99. The molecule has 0 aromatic heterocycles. The molecule has 0 heterocycles. The second kappa shape index (κ2) is 14.4. The highest BCUT2D eigenvalue weighted by molar-refractivity contribution is 6.74. The summed E-state index contributed by atoms with van der Waals surface area (Å²) in [6, 6.07) is 26.9. The molecule has 0 amide bonds. The topological polar surface area (TPSA) is 47.9 Å². The van der Waals surface area contributed by atoms with Crippen LogP contribution in [0.5, 0.6) is 11.5 Å². The first-order valence-electron chi connectivity index (χ1n) is 17.3. The van der Waals surface area contributed by atoms with Crippen LogP contribution in [0.1, 0.15) is 95.2 Å². The summed E-state index contributed by atoms with van der Waals surface area (Å²) in [6.07, 6.45) is 7.00. The van der Waals surface area contributed by atoms with Crippen molar-refractivity contribution in [3.63, 3.8) is 0 Å². The summed E-state index contributed by atoms with van der Waals surface area (Å²) in [5, 5.41) is 13.1. The van der Waals surface area contributed by atoms with Crippen LogP contribution in [0, 0.1) is 11.3 Å². The Morgan fingerprint density at radius 1 is 0.848 bits per heavy atom. The van der Waals surface area contributed by atoms with Crippen LogP contribution in [0.25, 0.3) is 0 Å². The monoisotopic (exact) mass is 662 g/mol.